The van der Waals surface area contributed by atoms with Crippen LogP contribution in [0.4, 0.5) is 4.39 Å². The Balaban J connectivity index is 2.38. The third-order valence-corrected chi connectivity index (χ3v) is 3.00. The van der Waals surface area contributed by atoms with Gasteiger partial charge in [0.25, 0.3) is 5.91 Å². The summed E-state index contributed by atoms with van der Waals surface area (Å²) in [5, 5.41) is 7.32. The van der Waals surface area contributed by atoms with Gasteiger partial charge in [-0.25, -0.2) is 9.07 Å². The minimum Gasteiger partial charge on any atom is -0.366 e. The molecule has 5 nitrogen and oxygen atoms in total. The first-order valence-corrected chi connectivity index (χ1v) is 6.65. The second-order valence-electron chi connectivity index (χ2n) is 5.88. The fraction of sp³-hybridized carbons (Fsp3) is 0.333. The number of carbonyl (C=O) groups excluding carboxylic acids is 1. The number of hydrogen-bond acceptors (Lipinski definition) is 3. The van der Waals surface area contributed by atoms with Crippen molar-refractivity contribution in [2.45, 2.75) is 32.9 Å². The van der Waals surface area contributed by atoms with Crippen molar-refractivity contribution in [2.24, 2.45) is 5.73 Å². The van der Waals surface area contributed by atoms with E-state index in [0.717, 1.165) is 0 Å². The molecule has 112 valence electrons. The van der Waals surface area contributed by atoms with E-state index in [1.165, 1.54) is 23.1 Å². The number of amides is 1. The highest BCUT2D eigenvalue weighted by molar-refractivity contribution is 5.92. The van der Waals surface area contributed by atoms with Crippen LogP contribution in [0.5, 0.6) is 0 Å². The molecule has 21 heavy (non-hydrogen) atoms. The van der Waals surface area contributed by atoms with E-state index in [0.29, 0.717) is 17.8 Å². The summed E-state index contributed by atoms with van der Waals surface area (Å²) in [7, 11) is 0. The molecular formula is C15H19FN4O. The lowest BCUT2D eigenvalue weighted by molar-refractivity contribution is 0.100. The summed E-state index contributed by atoms with van der Waals surface area (Å²) in [6, 6.07) is 4.76. The highest BCUT2D eigenvalue weighted by Gasteiger charge is 2.15. The first-order valence-electron chi connectivity index (χ1n) is 6.65. The zero-order chi connectivity index (χ0) is 15.6. The van der Waals surface area contributed by atoms with E-state index in [-0.39, 0.29) is 16.9 Å². The number of aromatic nitrogens is 2. The second kappa shape index (κ2) is 5.65. The molecule has 0 unspecified atom stereocenters. The molecule has 0 bridgehead atoms. The normalized spacial score (nSPS) is 11.6. The molecule has 2 rings (SSSR count). The minimum absolute atomic E-state index is 0.137. The smallest absolute Gasteiger partial charge is 0.251 e. The van der Waals surface area contributed by atoms with Crippen LogP contribution in [0.25, 0.3) is 5.69 Å². The number of benzene rings is 1. The van der Waals surface area contributed by atoms with Crippen LogP contribution in [0.1, 0.15) is 36.7 Å². The van der Waals surface area contributed by atoms with Gasteiger partial charge >= 0.3 is 0 Å². The van der Waals surface area contributed by atoms with Crippen LogP contribution < -0.4 is 11.1 Å². The zero-order valence-electron chi connectivity index (χ0n) is 12.4. The number of halogens is 1. The number of nitrogens with zero attached hydrogens (tertiary/aromatic N) is 2. The maximum atomic E-state index is 14.1. The van der Waals surface area contributed by atoms with E-state index in [9.17, 15) is 9.18 Å². The van der Waals surface area contributed by atoms with Crippen LogP contribution >= 0.6 is 0 Å². The maximum absolute atomic E-state index is 14.1. The summed E-state index contributed by atoms with van der Waals surface area (Å²) in [5.74, 6) is -0.882. The molecule has 1 amide bonds. The SMILES string of the molecule is CC(C)(C)NCc1c(F)cccc1-n1cc(C(N)=O)cn1. The van der Waals surface area contributed by atoms with Crippen LogP contribution in [0.2, 0.25) is 0 Å². The number of rotatable bonds is 4. The van der Waals surface area contributed by atoms with Crippen molar-refractivity contribution < 1.29 is 9.18 Å². The number of primary amides is 1. The Hall–Kier alpha value is -2.21. The van der Waals surface area contributed by atoms with E-state index in [1.54, 1.807) is 12.1 Å². The molecule has 0 radical (unpaired) electrons. The minimum atomic E-state index is -0.563. The first-order chi connectivity index (χ1) is 9.78. The highest BCUT2D eigenvalue weighted by Crippen LogP contribution is 2.19. The van der Waals surface area contributed by atoms with E-state index >= 15 is 0 Å². The van der Waals surface area contributed by atoms with Crippen molar-refractivity contribution in [3.8, 4) is 5.69 Å². The zero-order valence-corrected chi connectivity index (χ0v) is 12.4. The Labute approximate surface area is 123 Å². The Morgan fingerprint density at radius 3 is 2.71 bits per heavy atom. The predicted octanol–water partition coefficient (Wildman–Crippen LogP) is 2.00. The average molecular weight is 290 g/mol. The van der Waals surface area contributed by atoms with Crippen LogP contribution in [0.15, 0.2) is 30.6 Å². The molecule has 0 aliphatic heterocycles. The maximum Gasteiger partial charge on any atom is 0.251 e. The van der Waals surface area contributed by atoms with Crippen LogP contribution in [-0.2, 0) is 6.54 Å². The fourth-order valence-corrected chi connectivity index (χ4v) is 1.87. The summed E-state index contributed by atoms with van der Waals surface area (Å²) in [5.41, 5.74) is 6.43. The second-order valence-corrected chi connectivity index (χ2v) is 5.88. The van der Waals surface area contributed by atoms with Crippen LogP contribution in [0.3, 0.4) is 0 Å². The van der Waals surface area contributed by atoms with E-state index < -0.39 is 5.91 Å². The van der Waals surface area contributed by atoms with Gasteiger partial charge in [0.1, 0.15) is 5.82 Å². The predicted molar refractivity (Wildman–Crippen MR) is 78.6 cm³/mol. The van der Waals surface area contributed by atoms with Gasteiger partial charge in [0, 0.05) is 23.8 Å². The van der Waals surface area contributed by atoms with E-state index in [1.807, 2.05) is 20.8 Å². The van der Waals surface area contributed by atoms with Crippen molar-refractivity contribution >= 4 is 5.91 Å². The van der Waals surface area contributed by atoms with Gasteiger partial charge in [0.2, 0.25) is 0 Å². The summed E-state index contributed by atoms with van der Waals surface area (Å²) < 4.78 is 15.6. The number of hydrogen-bond donors (Lipinski definition) is 2. The van der Waals surface area contributed by atoms with Crippen molar-refractivity contribution in [3.63, 3.8) is 0 Å². The first kappa shape index (κ1) is 15.2. The molecular weight excluding hydrogens is 271 g/mol. The van der Waals surface area contributed by atoms with Gasteiger partial charge in [-0.1, -0.05) is 6.07 Å². The Morgan fingerprint density at radius 2 is 2.14 bits per heavy atom. The summed E-state index contributed by atoms with van der Waals surface area (Å²) in [6.45, 7) is 6.38. The summed E-state index contributed by atoms with van der Waals surface area (Å²) >= 11 is 0. The molecule has 0 atom stereocenters. The monoisotopic (exact) mass is 290 g/mol. The van der Waals surface area contributed by atoms with Crippen molar-refractivity contribution in [2.75, 3.05) is 0 Å². The van der Waals surface area contributed by atoms with Crippen molar-refractivity contribution in [1.82, 2.24) is 15.1 Å². The molecule has 0 aliphatic rings. The topological polar surface area (TPSA) is 72.9 Å². The molecule has 1 aromatic heterocycles. The lowest BCUT2D eigenvalue weighted by atomic mass is 10.1. The van der Waals surface area contributed by atoms with Crippen molar-refractivity contribution in [1.29, 1.82) is 0 Å². The van der Waals surface area contributed by atoms with Gasteiger partial charge in [-0.2, -0.15) is 5.10 Å². The standard InChI is InChI=1S/C15H19FN4O/c1-15(2,3)18-8-11-12(16)5-4-6-13(11)20-9-10(7-19-20)14(17)21/h4-7,9,18H,8H2,1-3H3,(H2,17,21). The highest BCUT2D eigenvalue weighted by atomic mass is 19.1. The lowest BCUT2D eigenvalue weighted by Crippen LogP contribution is -2.35. The third-order valence-electron chi connectivity index (χ3n) is 3.00. The average Bonchev–Trinajstić information content (AvgIpc) is 2.85. The molecule has 2 aromatic rings. The van der Waals surface area contributed by atoms with Gasteiger partial charge in [0.05, 0.1) is 17.4 Å². The Morgan fingerprint density at radius 1 is 1.43 bits per heavy atom. The van der Waals surface area contributed by atoms with Crippen LogP contribution in [-0.4, -0.2) is 21.2 Å². The van der Waals surface area contributed by atoms with Gasteiger partial charge in [-0.05, 0) is 32.9 Å². The summed E-state index contributed by atoms with van der Waals surface area (Å²) in [4.78, 5) is 11.1. The molecule has 6 heteroatoms. The molecule has 0 spiro atoms. The molecule has 0 aliphatic carbocycles. The third kappa shape index (κ3) is 3.66. The summed E-state index contributed by atoms with van der Waals surface area (Å²) in [6.07, 6.45) is 2.87. The quantitative estimate of drug-likeness (QED) is 0.904. The van der Waals surface area contributed by atoms with Crippen molar-refractivity contribution in [3.05, 3.63) is 47.5 Å². The number of nitrogens with one attached hydrogen (secondary N) is 1. The Bertz CT molecular complexity index is 658. The molecule has 0 fully saturated rings. The fourth-order valence-electron chi connectivity index (χ4n) is 1.87. The molecule has 0 saturated heterocycles. The molecule has 0 saturated carbocycles. The van der Waals surface area contributed by atoms with E-state index in [2.05, 4.69) is 10.4 Å². The van der Waals surface area contributed by atoms with Gasteiger partial charge < -0.3 is 11.1 Å². The lowest BCUT2D eigenvalue weighted by Gasteiger charge is -2.22. The van der Waals surface area contributed by atoms with Gasteiger partial charge in [-0.3, -0.25) is 4.79 Å². The van der Waals surface area contributed by atoms with E-state index in [4.69, 9.17) is 5.73 Å². The number of nitrogens with two attached hydrogens (primary N) is 1. The van der Waals surface area contributed by atoms with Crippen LogP contribution in [0, 0.1) is 5.82 Å². The number of carbonyl (C=O) groups is 1. The molecule has 1 aromatic carbocycles. The largest absolute Gasteiger partial charge is 0.366 e. The van der Waals surface area contributed by atoms with Gasteiger partial charge in [0.15, 0.2) is 0 Å². The molecule has 1 heterocycles. The Kier molecular flexibility index (Phi) is 4.09. The molecule has 3 N–H and O–H groups in total. The van der Waals surface area contributed by atoms with Gasteiger partial charge in [-0.15, -0.1) is 0 Å².